The average molecular weight is 339 g/mol. The molecule has 2 N–H and O–H groups in total. The lowest BCUT2D eigenvalue weighted by Crippen LogP contribution is -2.23. The number of anilines is 2. The Morgan fingerprint density at radius 2 is 1.96 bits per heavy atom. The third kappa shape index (κ3) is 3.77. The predicted molar refractivity (Wildman–Crippen MR) is 94.4 cm³/mol. The van der Waals surface area contributed by atoms with Crippen molar-refractivity contribution in [3.05, 3.63) is 59.7 Å². The summed E-state index contributed by atoms with van der Waals surface area (Å²) in [5.41, 5.74) is 6.16. The topological polar surface area (TPSA) is 91.2 Å². The maximum atomic E-state index is 11.7. The van der Waals surface area contributed by atoms with Crippen LogP contribution >= 0.6 is 0 Å². The summed E-state index contributed by atoms with van der Waals surface area (Å²) < 4.78 is 4.95. The van der Waals surface area contributed by atoms with E-state index in [1.165, 1.54) is 12.1 Å². The number of nitrogens with zero attached hydrogens (tertiary/aromatic N) is 2. The maximum absolute atomic E-state index is 11.7. The van der Waals surface area contributed by atoms with Crippen LogP contribution in [-0.4, -0.2) is 36.0 Å². The molecule has 1 saturated heterocycles. The Morgan fingerprint density at radius 1 is 1.20 bits per heavy atom. The minimum atomic E-state index is -0.969. The average Bonchev–Trinajstić information content (AvgIpc) is 3.06. The van der Waals surface area contributed by atoms with Gasteiger partial charge in [-0.15, -0.1) is 0 Å². The molecule has 3 rings (SSSR count). The summed E-state index contributed by atoms with van der Waals surface area (Å²) in [6.45, 7) is 2.77. The number of aromatic carboxylic acids is 1. The van der Waals surface area contributed by atoms with Crippen molar-refractivity contribution in [3.8, 4) is 0 Å². The lowest BCUT2D eigenvalue weighted by molar-refractivity contribution is 0.0697. The largest absolute Gasteiger partial charge is 0.478 e. The second-order valence-corrected chi connectivity index (χ2v) is 5.51. The van der Waals surface area contributed by atoms with E-state index in [-0.39, 0.29) is 11.7 Å². The third-order valence-electron chi connectivity index (χ3n) is 3.82. The third-order valence-corrected chi connectivity index (χ3v) is 3.82. The number of carbonyl (C=O) groups is 2. The molecule has 0 spiro atoms. The standard InChI is InChI=1S/C18H17N3O4/c1-12(19-20-15-7-5-13(6-8-15)17(22)23)14-3-2-4-16(11-14)21-9-10-25-18(21)24/h2-8,11,20H,9-10H2,1H3,(H,22,23). The molecule has 0 radical (unpaired) electrons. The highest BCUT2D eigenvalue weighted by Gasteiger charge is 2.23. The number of hydrogen-bond acceptors (Lipinski definition) is 5. The van der Waals surface area contributed by atoms with Gasteiger partial charge in [0.2, 0.25) is 0 Å². The van der Waals surface area contributed by atoms with E-state index in [4.69, 9.17) is 9.84 Å². The van der Waals surface area contributed by atoms with Crippen LogP contribution < -0.4 is 10.3 Å². The minimum absolute atomic E-state index is 0.219. The van der Waals surface area contributed by atoms with Gasteiger partial charge in [0.1, 0.15) is 6.61 Å². The van der Waals surface area contributed by atoms with Crippen LogP contribution in [0.2, 0.25) is 0 Å². The highest BCUT2D eigenvalue weighted by atomic mass is 16.6. The van der Waals surface area contributed by atoms with Gasteiger partial charge >= 0.3 is 12.1 Å². The van der Waals surface area contributed by atoms with Crippen molar-refractivity contribution < 1.29 is 19.4 Å². The van der Waals surface area contributed by atoms with Crippen molar-refractivity contribution in [2.45, 2.75) is 6.92 Å². The smallest absolute Gasteiger partial charge is 0.414 e. The normalized spacial score (nSPS) is 14.4. The SMILES string of the molecule is CC(=NNc1ccc(C(=O)O)cc1)c1cccc(N2CCOC2=O)c1. The van der Waals surface area contributed by atoms with Crippen LogP contribution in [0.3, 0.4) is 0 Å². The number of nitrogens with one attached hydrogen (secondary N) is 1. The minimum Gasteiger partial charge on any atom is -0.478 e. The first-order valence-corrected chi connectivity index (χ1v) is 7.73. The van der Waals surface area contributed by atoms with E-state index in [9.17, 15) is 9.59 Å². The second-order valence-electron chi connectivity index (χ2n) is 5.51. The Morgan fingerprint density at radius 3 is 2.60 bits per heavy atom. The van der Waals surface area contributed by atoms with Crippen molar-refractivity contribution >= 4 is 29.1 Å². The van der Waals surface area contributed by atoms with Crippen LogP contribution in [0.15, 0.2) is 53.6 Å². The van der Waals surface area contributed by atoms with E-state index in [0.29, 0.717) is 18.8 Å². The molecule has 1 heterocycles. The highest BCUT2D eigenvalue weighted by Crippen LogP contribution is 2.20. The summed E-state index contributed by atoms with van der Waals surface area (Å²) in [6, 6.07) is 13.8. The zero-order valence-corrected chi connectivity index (χ0v) is 13.6. The number of rotatable bonds is 5. The molecule has 0 unspecified atom stereocenters. The number of hydrazone groups is 1. The Labute approximate surface area is 144 Å². The monoisotopic (exact) mass is 339 g/mol. The van der Waals surface area contributed by atoms with Crippen LogP contribution in [0.5, 0.6) is 0 Å². The number of carbonyl (C=O) groups excluding carboxylic acids is 1. The zero-order valence-electron chi connectivity index (χ0n) is 13.6. The summed E-state index contributed by atoms with van der Waals surface area (Å²) in [7, 11) is 0. The molecule has 0 atom stereocenters. The molecule has 2 aromatic rings. The van der Waals surface area contributed by atoms with Crippen LogP contribution in [0, 0.1) is 0 Å². The molecule has 7 nitrogen and oxygen atoms in total. The van der Waals surface area contributed by atoms with Gasteiger partial charge in [0.25, 0.3) is 0 Å². The fraction of sp³-hybridized carbons (Fsp3) is 0.167. The summed E-state index contributed by atoms with van der Waals surface area (Å²) in [5, 5.41) is 13.2. The Kier molecular flexibility index (Phi) is 4.65. The summed E-state index contributed by atoms with van der Waals surface area (Å²) >= 11 is 0. The molecule has 128 valence electrons. The first-order chi connectivity index (χ1) is 12.0. The van der Waals surface area contributed by atoms with E-state index in [2.05, 4.69) is 10.5 Å². The number of cyclic esters (lactones) is 1. The van der Waals surface area contributed by atoms with E-state index in [1.54, 1.807) is 17.0 Å². The summed E-state index contributed by atoms with van der Waals surface area (Å²) in [5.74, 6) is -0.969. The molecule has 1 amide bonds. The van der Waals surface area contributed by atoms with E-state index in [1.807, 2.05) is 31.2 Å². The maximum Gasteiger partial charge on any atom is 0.414 e. The molecule has 0 bridgehead atoms. The van der Waals surface area contributed by atoms with Gasteiger partial charge in [-0.3, -0.25) is 10.3 Å². The molecular formula is C18H17N3O4. The first-order valence-electron chi connectivity index (χ1n) is 7.73. The number of hydrogen-bond donors (Lipinski definition) is 2. The fourth-order valence-corrected chi connectivity index (χ4v) is 2.43. The van der Waals surface area contributed by atoms with Crippen molar-refractivity contribution in [1.82, 2.24) is 0 Å². The molecule has 25 heavy (non-hydrogen) atoms. The number of carboxylic acid groups (broad SMARTS) is 1. The van der Waals surface area contributed by atoms with Crippen LogP contribution in [0.25, 0.3) is 0 Å². The molecule has 1 aliphatic heterocycles. The van der Waals surface area contributed by atoms with Crippen LogP contribution in [0.1, 0.15) is 22.8 Å². The van der Waals surface area contributed by atoms with Gasteiger partial charge in [-0.25, -0.2) is 9.59 Å². The zero-order chi connectivity index (χ0) is 17.8. The molecule has 0 aromatic heterocycles. The van der Waals surface area contributed by atoms with Crippen molar-refractivity contribution in [2.75, 3.05) is 23.5 Å². The van der Waals surface area contributed by atoms with Gasteiger partial charge in [0.05, 0.1) is 23.5 Å². The Bertz CT molecular complexity index is 830. The van der Waals surface area contributed by atoms with E-state index < -0.39 is 5.97 Å². The van der Waals surface area contributed by atoms with Crippen molar-refractivity contribution in [3.63, 3.8) is 0 Å². The fourth-order valence-electron chi connectivity index (χ4n) is 2.43. The lowest BCUT2D eigenvalue weighted by atomic mass is 10.1. The second kappa shape index (κ2) is 7.04. The molecule has 1 fully saturated rings. The Hall–Kier alpha value is -3.35. The van der Waals surface area contributed by atoms with Crippen LogP contribution in [0.4, 0.5) is 16.2 Å². The summed E-state index contributed by atoms with van der Waals surface area (Å²) in [4.78, 5) is 24.1. The van der Waals surface area contributed by atoms with Gasteiger partial charge in [0, 0.05) is 5.69 Å². The van der Waals surface area contributed by atoms with Gasteiger partial charge in [0.15, 0.2) is 0 Å². The number of benzene rings is 2. The lowest BCUT2D eigenvalue weighted by Gasteiger charge is -2.13. The quantitative estimate of drug-likeness (QED) is 0.645. The summed E-state index contributed by atoms with van der Waals surface area (Å²) in [6.07, 6.45) is -0.344. The van der Waals surface area contributed by atoms with Gasteiger partial charge < -0.3 is 9.84 Å². The molecule has 0 aliphatic carbocycles. The molecule has 0 saturated carbocycles. The Balaban J connectivity index is 1.73. The molecule has 7 heteroatoms. The highest BCUT2D eigenvalue weighted by molar-refractivity contribution is 6.01. The number of carboxylic acids is 1. The first kappa shape index (κ1) is 16.5. The molecular weight excluding hydrogens is 322 g/mol. The van der Waals surface area contributed by atoms with E-state index in [0.717, 1.165) is 17.0 Å². The van der Waals surface area contributed by atoms with Crippen molar-refractivity contribution in [2.24, 2.45) is 5.10 Å². The van der Waals surface area contributed by atoms with Crippen LogP contribution in [-0.2, 0) is 4.74 Å². The van der Waals surface area contributed by atoms with E-state index >= 15 is 0 Å². The van der Waals surface area contributed by atoms with Gasteiger partial charge in [-0.1, -0.05) is 12.1 Å². The molecule has 2 aromatic carbocycles. The predicted octanol–water partition coefficient (Wildman–Crippen LogP) is 3.18. The molecule has 1 aliphatic rings. The van der Waals surface area contributed by atoms with Crippen molar-refractivity contribution in [1.29, 1.82) is 0 Å². The number of ether oxygens (including phenoxy) is 1. The number of amides is 1. The van der Waals surface area contributed by atoms with Gasteiger partial charge in [-0.2, -0.15) is 5.10 Å². The van der Waals surface area contributed by atoms with Gasteiger partial charge in [-0.05, 0) is 48.9 Å².